The molecule has 1 aliphatic heterocycles. The molecule has 1 aromatic heterocycles. The number of carbonyl (C=O) groups excluding carboxylic acids is 2. The summed E-state index contributed by atoms with van der Waals surface area (Å²) in [5.41, 5.74) is 5.70. The van der Waals surface area contributed by atoms with Crippen molar-refractivity contribution >= 4 is 17.5 Å². The third-order valence-corrected chi connectivity index (χ3v) is 11.1. The van der Waals surface area contributed by atoms with Crippen LogP contribution in [0.5, 0.6) is 5.75 Å². The van der Waals surface area contributed by atoms with Gasteiger partial charge in [0, 0.05) is 61.1 Å². The molecule has 0 spiro atoms. The minimum atomic E-state index is -0.0350. The van der Waals surface area contributed by atoms with Gasteiger partial charge in [0.05, 0.1) is 13.3 Å². The third-order valence-electron chi connectivity index (χ3n) is 11.1. The van der Waals surface area contributed by atoms with Crippen molar-refractivity contribution in [2.75, 3.05) is 31.8 Å². The van der Waals surface area contributed by atoms with Gasteiger partial charge in [-0.15, -0.1) is 0 Å². The lowest BCUT2D eigenvalue weighted by Crippen LogP contribution is -2.45. The summed E-state index contributed by atoms with van der Waals surface area (Å²) in [5.74, 6) is 2.34. The largest absolute Gasteiger partial charge is 0.496 e. The number of aromatic nitrogens is 2. The van der Waals surface area contributed by atoms with Crippen molar-refractivity contribution in [3.05, 3.63) is 66.0 Å². The van der Waals surface area contributed by atoms with Gasteiger partial charge < -0.3 is 19.7 Å². The molecule has 3 fully saturated rings. The van der Waals surface area contributed by atoms with Crippen LogP contribution < -0.4 is 15.0 Å². The van der Waals surface area contributed by atoms with Crippen molar-refractivity contribution in [1.29, 1.82) is 0 Å². The standard InChI is InChI=1S/C40H54N4O4/c1-27(2)44-26-35(24-41-44)33-6-5-7-37(23-33)43(25-29-8-10-30(11-9-29)34-14-17-38(47-4)28(3)22-34)40(46)32-12-15-36(16-13-32)42-39(45)31-18-20-48-21-19-31/h5-7,14,17,22-24,26-27,29-32,36H,8-13,15-16,18-21,25H2,1-4H3,(H,42,45). The van der Waals surface area contributed by atoms with Crippen molar-refractivity contribution in [1.82, 2.24) is 15.1 Å². The van der Waals surface area contributed by atoms with Gasteiger partial charge in [0.1, 0.15) is 5.75 Å². The zero-order valence-corrected chi connectivity index (χ0v) is 29.3. The molecule has 6 rings (SSSR count). The minimum absolute atomic E-state index is 0.0350. The molecule has 3 aromatic rings. The smallest absolute Gasteiger partial charge is 0.230 e. The highest BCUT2D eigenvalue weighted by Crippen LogP contribution is 2.39. The SMILES string of the molecule is COc1ccc(C2CCC(CN(C(=O)C3CCC(NC(=O)C4CCOCC4)CC3)c3cccc(-c4cnn(C(C)C)c4)c3)CC2)cc1C. The number of carbonyl (C=O) groups is 2. The summed E-state index contributed by atoms with van der Waals surface area (Å²) >= 11 is 0. The molecule has 8 heteroatoms. The molecule has 1 N–H and O–H groups in total. The summed E-state index contributed by atoms with van der Waals surface area (Å²) in [6.45, 7) is 8.44. The minimum Gasteiger partial charge on any atom is -0.496 e. The first-order chi connectivity index (χ1) is 23.3. The second-order valence-electron chi connectivity index (χ2n) is 14.7. The molecule has 0 radical (unpaired) electrons. The van der Waals surface area contributed by atoms with E-state index in [2.05, 4.69) is 84.7 Å². The normalized spacial score (nSPS) is 23.5. The number of rotatable bonds is 10. The molecule has 0 bridgehead atoms. The molecule has 258 valence electrons. The van der Waals surface area contributed by atoms with Gasteiger partial charge in [-0.05, 0) is 132 Å². The van der Waals surface area contributed by atoms with E-state index in [0.717, 1.165) is 93.3 Å². The van der Waals surface area contributed by atoms with Crippen LogP contribution in [-0.2, 0) is 14.3 Å². The number of nitrogens with zero attached hydrogens (tertiary/aromatic N) is 3. The van der Waals surface area contributed by atoms with Crippen LogP contribution in [0.2, 0.25) is 0 Å². The molecule has 1 saturated heterocycles. The molecule has 2 aromatic carbocycles. The van der Waals surface area contributed by atoms with Gasteiger partial charge in [0.2, 0.25) is 11.8 Å². The van der Waals surface area contributed by atoms with Gasteiger partial charge in [-0.25, -0.2) is 0 Å². The molecular weight excluding hydrogens is 600 g/mol. The molecule has 2 saturated carbocycles. The number of methoxy groups -OCH3 is 1. The Kier molecular flexibility index (Phi) is 11.2. The van der Waals surface area contributed by atoms with Crippen molar-refractivity contribution in [2.45, 2.75) is 103 Å². The van der Waals surface area contributed by atoms with E-state index in [9.17, 15) is 9.59 Å². The quantitative estimate of drug-likeness (QED) is 0.241. The van der Waals surface area contributed by atoms with E-state index in [4.69, 9.17) is 9.47 Å². The first-order valence-corrected chi connectivity index (χ1v) is 18.3. The predicted octanol–water partition coefficient (Wildman–Crippen LogP) is 7.86. The Bertz CT molecular complexity index is 1530. The average Bonchev–Trinajstić information content (AvgIpc) is 3.63. The van der Waals surface area contributed by atoms with Gasteiger partial charge in [0.15, 0.2) is 0 Å². The van der Waals surface area contributed by atoms with E-state index >= 15 is 0 Å². The second-order valence-corrected chi connectivity index (χ2v) is 14.7. The number of ether oxygens (including phenoxy) is 2. The summed E-state index contributed by atoms with van der Waals surface area (Å²) in [7, 11) is 1.73. The fourth-order valence-corrected chi connectivity index (χ4v) is 8.02. The number of nitrogens with one attached hydrogen (secondary N) is 1. The molecule has 0 unspecified atom stereocenters. The van der Waals surface area contributed by atoms with Crippen LogP contribution in [0.3, 0.4) is 0 Å². The molecule has 8 nitrogen and oxygen atoms in total. The Labute approximate surface area is 286 Å². The summed E-state index contributed by atoms with van der Waals surface area (Å²) < 4.78 is 12.9. The molecule has 2 heterocycles. The maximum atomic E-state index is 14.5. The Morgan fingerprint density at radius 2 is 1.69 bits per heavy atom. The van der Waals surface area contributed by atoms with E-state index in [1.165, 1.54) is 11.1 Å². The summed E-state index contributed by atoms with van der Waals surface area (Å²) in [6, 6.07) is 15.5. The van der Waals surface area contributed by atoms with E-state index in [0.29, 0.717) is 25.0 Å². The van der Waals surface area contributed by atoms with Crippen LogP contribution in [0, 0.1) is 24.7 Å². The Balaban J connectivity index is 1.15. The van der Waals surface area contributed by atoms with Gasteiger partial charge in [0.25, 0.3) is 0 Å². The maximum Gasteiger partial charge on any atom is 0.230 e. The van der Waals surface area contributed by atoms with Crippen LogP contribution in [-0.4, -0.2) is 54.5 Å². The topological polar surface area (TPSA) is 85.7 Å². The molecule has 0 atom stereocenters. The zero-order chi connectivity index (χ0) is 33.6. The Morgan fingerprint density at radius 1 is 0.938 bits per heavy atom. The highest BCUT2D eigenvalue weighted by Gasteiger charge is 2.34. The first kappa shape index (κ1) is 34.2. The second kappa shape index (κ2) is 15.7. The Morgan fingerprint density at radius 3 is 2.35 bits per heavy atom. The van der Waals surface area contributed by atoms with Gasteiger partial charge in [-0.3, -0.25) is 14.3 Å². The number of anilines is 1. The number of aryl methyl sites for hydroxylation is 1. The molecule has 48 heavy (non-hydrogen) atoms. The lowest BCUT2D eigenvalue weighted by Gasteiger charge is -2.36. The van der Waals surface area contributed by atoms with E-state index in [-0.39, 0.29) is 35.7 Å². The highest BCUT2D eigenvalue weighted by molar-refractivity contribution is 5.95. The van der Waals surface area contributed by atoms with Gasteiger partial charge >= 0.3 is 0 Å². The number of amides is 2. The van der Waals surface area contributed by atoms with Crippen LogP contribution in [0.4, 0.5) is 5.69 Å². The monoisotopic (exact) mass is 654 g/mol. The molecular formula is C40H54N4O4. The van der Waals surface area contributed by atoms with Crippen LogP contribution in [0.15, 0.2) is 54.9 Å². The summed E-state index contributed by atoms with van der Waals surface area (Å²) in [5, 5.41) is 7.87. The first-order valence-electron chi connectivity index (χ1n) is 18.3. The number of benzene rings is 2. The summed E-state index contributed by atoms with van der Waals surface area (Å²) in [6.07, 6.45) is 13.4. The number of hydrogen-bond donors (Lipinski definition) is 1. The van der Waals surface area contributed by atoms with Crippen molar-refractivity contribution in [3.8, 4) is 16.9 Å². The van der Waals surface area contributed by atoms with Crippen molar-refractivity contribution in [2.24, 2.45) is 17.8 Å². The molecule has 2 amide bonds. The lowest BCUT2D eigenvalue weighted by molar-refractivity contribution is -0.129. The maximum absolute atomic E-state index is 14.5. The fraction of sp³-hybridized carbons (Fsp3) is 0.575. The van der Waals surface area contributed by atoms with Gasteiger partial charge in [-0.2, -0.15) is 5.10 Å². The van der Waals surface area contributed by atoms with Crippen molar-refractivity contribution < 1.29 is 19.1 Å². The van der Waals surface area contributed by atoms with Crippen LogP contribution in [0.1, 0.15) is 101 Å². The van der Waals surface area contributed by atoms with Crippen LogP contribution in [0.25, 0.3) is 11.1 Å². The van der Waals surface area contributed by atoms with E-state index in [1.807, 2.05) is 10.9 Å². The lowest BCUT2D eigenvalue weighted by atomic mass is 9.78. The van der Waals surface area contributed by atoms with Gasteiger partial charge in [-0.1, -0.05) is 24.3 Å². The fourth-order valence-electron chi connectivity index (χ4n) is 8.02. The number of hydrogen-bond acceptors (Lipinski definition) is 5. The van der Waals surface area contributed by atoms with Crippen molar-refractivity contribution in [3.63, 3.8) is 0 Å². The zero-order valence-electron chi connectivity index (χ0n) is 29.3. The molecule has 3 aliphatic rings. The Hall–Kier alpha value is -3.65. The van der Waals surface area contributed by atoms with Crippen LogP contribution >= 0.6 is 0 Å². The summed E-state index contributed by atoms with van der Waals surface area (Å²) in [4.78, 5) is 29.5. The third kappa shape index (κ3) is 8.13. The average molecular weight is 655 g/mol. The highest BCUT2D eigenvalue weighted by atomic mass is 16.5. The van der Waals surface area contributed by atoms with E-state index < -0.39 is 0 Å². The van der Waals surface area contributed by atoms with E-state index in [1.54, 1.807) is 7.11 Å². The molecule has 2 aliphatic carbocycles. The predicted molar refractivity (Wildman–Crippen MR) is 190 cm³/mol.